The molecule has 0 aliphatic heterocycles. The van der Waals surface area contributed by atoms with Gasteiger partial charge in [0.05, 0.1) is 0 Å². The number of hydrogen-bond donors (Lipinski definition) is 3. The van der Waals surface area contributed by atoms with E-state index >= 15 is 0 Å². The van der Waals surface area contributed by atoms with Crippen LogP contribution in [-0.4, -0.2) is 38.6 Å². The van der Waals surface area contributed by atoms with Crippen LogP contribution in [0.1, 0.15) is 6.42 Å². The van der Waals surface area contributed by atoms with Crippen molar-refractivity contribution in [1.29, 1.82) is 0 Å². The molecule has 0 aromatic carbocycles. The van der Waals surface area contributed by atoms with E-state index in [1.807, 2.05) is 12.2 Å². The molecule has 0 aromatic heterocycles. The molecule has 0 saturated heterocycles. The second kappa shape index (κ2) is 8.26. The normalized spacial score (nSPS) is 13.4. The van der Waals surface area contributed by atoms with E-state index in [9.17, 15) is 4.79 Å². The van der Waals surface area contributed by atoms with Gasteiger partial charge in [0.25, 0.3) is 0 Å². The molecule has 0 saturated carbocycles. The Labute approximate surface area is 84.5 Å². The third-order valence-corrected chi connectivity index (χ3v) is 3.41. The van der Waals surface area contributed by atoms with Crippen molar-refractivity contribution in [2.24, 2.45) is 11.5 Å². The summed E-state index contributed by atoms with van der Waals surface area (Å²) in [6.45, 7) is 0.574. The fraction of sp³-hybridized carbons (Fsp3) is 0.625. The van der Waals surface area contributed by atoms with Crippen LogP contribution in [0.25, 0.3) is 0 Å². The predicted octanol–water partition coefficient (Wildman–Crippen LogP) is -0.156. The fourth-order valence-corrected chi connectivity index (χ4v) is 2.45. The molecule has 5 N–H and O–H groups in total. The molecule has 0 fully saturated rings. The Morgan fingerprint density at radius 2 is 2.23 bits per heavy atom. The van der Waals surface area contributed by atoms with Gasteiger partial charge in [0.2, 0.25) is 0 Å². The first kappa shape index (κ1) is 12.6. The number of hydrogen-bond acceptors (Lipinski definition) is 3. The number of carbonyl (C=O) groups is 1. The monoisotopic (exact) mass is 252 g/mol. The summed E-state index contributed by atoms with van der Waals surface area (Å²) in [5.74, 6) is -0.909. The van der Waals surface area contributed by atoms with Gasteiger partial charge in [-0.1, -0.05) is 0 Å². The molecular formula is C8H16N2O2Se. The van der Waals surface area contributed by atoms with Crippen LogP contribution in [0.5, 0.6) is 0 Å². The SMILES string of the molecule is NC/C=C/C[Se]CCC(N)C(=O)O. The molecule has 1 unspecified atom stereocenters. The Kier molecular flexibility index (Phi) is 8.03. The summed E-state index contributed by atoms with van der Waals surface area (Å²) >= 11 is 0.457. The molecule has 0 rings (SSSR count). The Morgan fingerprint density at radius 3 is 2.77 bits per heavy atom. The van der Waals surface area contributed by atoms with Crippen molar-refractivity contribution in [3.63, 3.8) is 0 Å². The van der Waals surface area contributed by atoms with Crippen molar-refractivity contribution in [3.8, 4) is 0 Å². The van der Waals surface area contributed by atoms with E-state index in [4.69, 9.17) is 16.6 Å². The fourth-order valence-electron chi connectivity index (χ4n) is 0.649. The number of allylic oxidation sites excluding steroid dienone is 1. The number of aliphatic carboxylic acids is 1. The van der Waals surface area contributed by atoms with Crippen molar-refractivity contribution in [2.45, 2.75) is 23.1 Å². The van der Waals surface area contributed by atoms with Crippen molar-refractivity contribution in [3.05, 3.63) is 12.2 Å². The van der Waals surface area contributed by atoms with E-state index in [-0.39, 0.29) is 0 Å². The van der Waals surface area contributed by atoms with Gasteiger partial charge in [0, 0.05) is 0 Å². The summed E-state index contributed by atoms with van der Waals surface area (Å²) in [4.78, 5) is 10.3. The molecular weight excluding hydrogens is 235 g/mol. The summed E-state index contributed by atoms with van der Waals surface area (Å²) in [5, 5.41) is 10.4. The summed E-state index contributed by atoms with van der Waals surface area (Å²) in [7, 11) is 0. The Morgan fingerprint density at radius 1 is 1.54 bits per heavy atom. The standard InChI is InChI=1S/C8H16N2O2Se/c9-4-1-2-5-13-6-3-7(10)8(11)12/h1-2,7H,3-6,9-10H2,(H,11,12)/b2-1+. The molecule has 0 spiro atoms. The van der Waals surface area contributed by atoms with Crippen molar-refractivity contribution >= 4 is 20.9 Å². The first-order valence-electron chi connectivity index (χ1n) is 4.09. The maximum absolute atomic E-state index is 10.3. The van der Waals surface area contributed by atoms with Gasteiger partial charge in [-0.25, -0.2) is 0 Å². The van der Waals surface area contributed by atoms with E-state index < -0.39 is 12.0 Å². The van der Waals surface area contributed by atoms with Crippen LogP contribution in [0.4, 0.5) is 0 Å². The van der Waals surface area contributed by atoms with Gasteiger partial charge in [0.15, 0.2) is 0 Å². The average Bonchev–Trinajstić information content (AvgIpc) is 2.10. The van der Waals surface area contributed by atoms with Crippen molar-refractivity contribution in [2.75, 3.05) is 6.54 Å². The molecule has 0 heterocycles. The Hall–Kier alpha value is -0.351. The molecule has 4 nitrogen and oxygen atoms in total. The van der Waals surface area contributed by atoms with Gasteiger partial charge in [-0.05, 0) is 0 Å². The molecule has 0 amide bonds. The third-order valence-electron chi connectivity index (χ3n) is 1.41. The molecule has 13 heavy (non-hydrogen) atoms. The second-order valence-corrected chi connectivity index (χ2v) is 4.93. The minimum absolute atomic E-state index is 0.457. The number of carboxylic acids is 1. The second-order valence-electron chi connectivity index (χ2n) is 2.52. The maximum atomic E-state index is 10.3. The Bertz CT molecular complexity index is 174. The van der Waals surface area contributed by atoms with Crippen LogP contribution in [0.2, 0.25) is 10.6 Å². The van der Waals surface area contributed by atoms with Crippen molar-refractivity contribution < 1.29 is 9.90 Å². The predicted molar refractivity (Wildman–Crippen MR) is 53.8 cm³/mol. The number of rotatable bonds is 7. The average molecular weight is 251 g/mol. The zero-order chi connectivity index (χ0) is 10.1. The third kappa shape index (κ3) is 7.99. The van der Waals surface area contributed by atoms with Gasteiger partial charge in [-0.3, -0.25) is 0 Å². The van der Waals surface area contributed by atoms with Gasteiger partial charge in [-0.2, -0.15) is 0 Å². The Balaban J connectivity index is 3.25. The van der Waals surface area contributed by atoms with Crippen LogP contribution in [0.3, 0.4) is 0 Å². The molecule has 0 aliphatic rings. The first-order chi connectivity index (χ1) is 6.18. The molecule has 5 heteroatoms. The number of nitrogens with two attached hydrogens (primary N) is 2. The van der Waals surface area contributed by atoms with Crippen LogP contribution in [0, 0.1) is 0 Å². The molecule has 0 aromatic rings. The summed E-state index contributed by atoms with van der Waals surface area (Å²) in [6, 6.07) is -0.694. The molecule has 0 radical (unpaired) electrons. The van der Waals surface area contributed by atoms with Gasteiger partial charge >= 0.3 is 84.1 Å². The van der Waals surface area contributed by atoms with Crippen LogP contribution in [0.15, 0.2) is 12.2 Å². The van der Waals surface area contributed by atoms with Gasteiger partial charge < -0.3 is 0 Å². The quantitative estimate of drug-likeness (QED) is 0.333. The van der Waals surface area contributed by atoms with Crippen molar-refractivity contribution in [1.82, 2.24) is 0 Å². The van der Waals surface area contributed by atoms with Crippen LogP contribution < -0.4 is 11.5 Å². The summed E-state index contributed by atoms with van der Waals surface area (Å²) < 4.78 is 0. The van der Waals surface area contributed by atoms with E-state index in [1.54, 1.807) is 0 Å². The molecule has 76 valence electrons. The van der Waals surface area contributed by atoms with Gasteiger partial charge in [0.1, 0.15) is 0 Å². The topological polar surface area (TPSA) is 89.3 Å². The molecule has 0 bridgehead atoms. The van der Waals surface area contributed by atoms with E-state index in [0.29, 0.717) is 27.9 Å². The summed E-state index contributed by atoms with van der Waals surface area (Å²) in [5.41, 5.74) is 10.6. The minimum atomic E-state index is -0.909. The zero-order valence-electron chi connectivity index (χ0n) is 7.48. The van der Waals surface area contributed by atoms with E-state index in [2.05, 4.69) is 0 Å². The van der Waals surface area contributed by atoms with Gasteiger partial charge in [-0.15, -0.1) is 0 Å². The van der Waals surface area contributed by atoms with Crippen LogP contribution in [-0.2, 0) is 4.79 Å². The molecule has 0 aliphatic carbocycles. The first-order valence-corrected chi connectivity index (χ1v) is 6.52. The summed E-state index contributed by atoms with van der Waals surface area (Å²) in [6.07, 6.45) is 4.52. The molecule has 1 atom stereocenters. The van der Waals surface area contributed by atoms with E-state index in [0.717, 1.165) is 10.6 Å². The number of carboxylic acid groups (broad SMARTS) is 1. The van der Waals surface area contributed by atoms with Crippen LogP contribution >= 0.6 is 0 Å². The van der Waals surface area contributed by atoms with E-state index in [1.165, 1.54) is 0 Å². The zero-order valence-corrected chi connectivity index (χ0v) is 9.19.